The highest BCUT2D eigenvalue weighted by Gasteiger charge is 2.24. The van der Waals surface area contributed by atoms with Gasteiger partial charge in [-0.2, -0.15) is 0 Å². The Kier molecular flexibility index (Phi) is 6.42. The minimum absolute atomic E-state index is 0.771. The van der Waals surface area contributed by atoms with Crippen LogP contribution in [0, 0.1) is 0 Å². The summed E-state index contributed by atoms with van der Waals surface area (Å²) in [7, 11) is 0. The monoisotopic (exact) mass is 645 g/mol. The number of para-hydroxylation sites is 2. The summed E-state index contributed by atoms with van der Waals surface area (Å²) in [5.74, 6) is 1.07. The molecule has 0 amide bonds. The van der Waals surface area contributed by atoms with Crippen LogP contribution in [0.1, 0.15) is 10.4 Å². The number of hydrogen-bond acceptors (Lipinski definition) is 3. The second-order valence-electron chi connectivity index (χ2n) is 12.6. The molecule has 3 nitrogen and oxygen atoms in total. The van der Waals surface area contributed by atoms with Gasteiger partial charge in [-0.3, -0.25) is 4.90 Å². The van der Waals surface area contributed by atoms with Gasteiger partial charge in [0.25, 0.3) is 0 Å². The van der Waals surface area contributed by atoms with Gasteiger partial charge in [-0.05, 0) is 87.5 Å². The summed E-state index contributed by atoms with van der Waals surface area (Å²) in [6.07, 6.45) is 2.35. The Labute approximate surface area is 288 Å². The minimum atomic E-state index is 0.771. The van der Waals surface area contributed by atoms with Gasteiger partial charge in [0.05, 0.1) is 11.0 Å². The fourth-order valence-corrected chi connectivity index (χ4v) is 8.80. The molecule has 3 heterocycles. The first-order chi connectivity index (χ1) is 24.3. The molecule has 7 aromatic carbocycles. The molecule has 0 saturated carbocycles. The average Bonchev–Trinajstić information content (AvgIpc) is 3.71. The Morgan fingerprint density at radius 2 is 1.20 bits per heavy atom. The van der Waals surface area contributed by atoms with Crippen molar-refractivity contribution in [2.45, 2.75) is 6.54 Å². The standard InChI is InChI=1S/C45H31N3S/c1-3-11-30(12-4-1)31-19-22-34(23-20-31)47(44-28-43-40(29-46-44)38-25-21-32-13-7-8-16-36(32)45(38)49-43)35-24-26-42-39(27-35)37-17-9-10-18-41(37)48(42)33-14-5-2-6-15-33/h1-28,46H,29H2. The summed E-state index contributed by atoms with van der Waals surface area (Å²) in [5.41, 5.74) is 9.58. The summed E-state index contributed by atoms with van der Waals surface area (Å²) in [6.45, 7) is 0.771. The maximum atomic E-state index is 3.85. The van der Waals surface area contributed by atoms with E-state index in [1.54, 1.807) is 0 Å². The number of thiophene rings is 1. The summed E-state index contributed by atoms with van der Waals surface area (Å²) in [4.78, 5) is 3.70. The van der Waals surface area contributed by atoms with Crippen molar-refractivity contribution in [3.05, 3.63) is 180 Å². The van der Waals surface area contributed by atoms with Crippen LogP contribution >= 0.6 is 11.3 Å². The van der Waals surface area contributed by atoms with Crippen LogP contribution in [0.2, 0.25) is 0 Å². The van der Waals surface area contributed by atoms with Gasteiger partial charge in [-0.1, -0.05) is 115 Å². The molecule has 0 bridgehead atoms. The molecule has 49 heavy (non-hydrogen) atoms. The van der Waals surface area contributed by atoms with Crippen molar-refractivity contribution >= 4 is 71.5 Å². The lowest BCUT2D eigenvalue weighted by Crippen LogP contribution is -2.29. The summed E-state index contributed by atoms with van der Waals surface area (Å²) in [6, 6.07) is 59.1. The summed E-state index contributed by atoms with van der Waals surface area (Å²) in [5, 5.41) is 10.3. The van der Waals surface area contributed by atoms with Gasteiger partial charge in [0.2, 0.25) is 0 Å². The van der Waals surface area contributed by atoms with Crippen molar-refractivity contribution < 1.29 is 0 Å². The molecule has 0 aliphatic carbocycles. The van der Waals surface area contributed by atoms with E-state index < -0.39 is 0 Å². The second-order valence-corrected chi connectivity index (χ2v) is 13.7. The number of hydrogen-bond donors (Lipinski definition) is 1. The smallest absolute Gasteiger partial charge is 0.112 e. The molecule has 0 atom stereocenters. The quantitative estimate of drug-likeness (QED) is 0.201. The number of anilines is 2. The fourth-order valence-electron chi connectivity index (χ4n) is 7.51. The summed E-state index contributed by atoms with van der Waals surface area (Å²) < 4.78 is 3.73. The number of rotatable bonds is 5. The Bertz CT molecular complexity index is 2700. The highest BCUT2D eigenvalue weighted by Crippen LogP contribution is 2.42. The van der Waals surface area contributed by atoms with E-state index in [2.05, 4.69) is 185 Å². The first kappa shape index (κ1) is 28.0. The third kappa shape index (κ3) is 4.56. The van der Waals surface area contributed by atoms with Crippen molar-refractivity contribution in [3.8, 4) is 16.8 Å². The van der Waals surface area contributed by atoms with Crippen molar-refractivity contribution in [3.63, 3.8) is 0 Å². The first-order valence-corrected chi connectivity index (χ1v) is 17.5. The molecule has 1 aliphatic rings. The Hall–Kier alpha value is -6.10. The lowest BCUT2D eigenvalue weighted by atomic mass is 10.0. The van der Waals surface area contributed by atoms with Crippen LogP contribution < -0.4 is 10.2 Å². The van der Waals surface area contributed by atoms with E-state index in [0.29, 0.717) is 0 Å². The SMILES string of the molecule is C1=C(N(c2ccc(-c3ccccc3)cc2)c2ccc3c(c2)c2ccccc2n3-c2ccccc2)NCc2c1sc1c2ccc2ccccc21. The Morgan fingerprint density at radius 1 is 0.531 bits per heavy atom. The molecule has 0 unspecified atom stereocenters. The van der Waals surface area contributed by atoms with E-state index in [0.717, 1.165) is 29.4 Å². The predicted octanol–water partition coefficient (Wildman–Crippen LogP) is 12.1. The third-order valence-corrected chi connectivity index (χ3v) is 11.1. The van der Waals surface area contributed by atoms with Crippen molar-refractivity contribution in [2.75, 3.05) is 4.90 Å². The highest BCUT2D eigenvalue weighted by atomic mass is 32.1. The van der Waals surface area contributed by atoms with Gasteiger partial charge >= 0.3 is 0 Å². The van der Waals surface area contributed by atoms with Gasteiger partial charge in [-0.15, -0.1) is 11.3 Å². The molecule has 1 N–H and O–H groups in total. The molecule has 232 valence electrons. The van der Waals surface area contributed by atoms with E-state index in [9.17, 15) is 0 Å². The van der Waals surface area contributed by atoms with Crippen molar-refractivity contribution in [1.29, 1.82) is 0 Å². The van der Waals surface area contributed by atoms with Gasteiger partial charge in [-0.25, -0.2) is 0 Å². The van der Waals surface area contributed by atoms with E-state index in [-0.39, 0.29) is 0 Å². The van der Waals surface area contributed by atoms with Crippen LogP contribution in [-0.4, -0.2) is 4.57 Å². The minimum Gasteiger partial charge on any atom is -0.367 e. The lowest BCUT2D eigenvalue weighted by Gasteiger charge is -2.31. The van der Waals surface area contributed by atoms with Gasteiger partial charge in [0, 0.05) is 44.0 Å². The highest BCUT2D eigenvalue weighted by molar-refractivity contribution is 7.21. The fraction of sp³-hybridized carbons (Fsp3) is 0.0222. The lowest BCUT2D eigenvalue weighted by molar-refractivity contribution is 0.787. The zero-order valence-electron chi connectivity index (χ0n) is 26.7. The first-order valence-electron chi connectivity index (χ1n) is 16.7. The van der Waals surface area contributed by atoms with Crippen LogP contribution in [0.3, 0.4) is 0 Å². The molecule has 0 saturated heterocycles. The summed E-state index contributed by atoms with van der Waals surface area (Å²) >= 11 is 1.90. The van der Waals surface area contributed by atoms with Gasteiger partial charge in [0.15, 0.2) is 0 Å². The third-order valence-electron chi connectivity index (χ3n) is 9.83. The van der Waals surface area contributed by atoms with Crippen LogP contribution in [0.4, 0.5) is 11.4 Å². The molecule has 2 aromatic heterocycles. The van der Waals surface area contributed by atoms with E-state index in [1.165, 1.54) is 64.2 Å². The molecule has 9 aromatic rings. The molecule has 0 fully saturated rings. The zero-order chi connectivity index (χ0) is 32.3. The number of fused-ring (bicyclic) bond motifs is 8. The second kappa shape index (κ2) is 11.3. The largest absolute Gasteiger partial charge is 0.367 e. The Morgan fingerprint density at radius 3 is 2.04 bits per heavy atom. The molecule has 1 aliphatic heterocycles. The van der Waals surface area contributed by atoms with Crippen molar-refractivity contribution in [1.82, 2.24) is 9.88 Å². The molecule has 0 radical (unpaired) electrons. The maximum Gasteiger partial charge on any atom is 0.112 e. The van der Waals surface area contributed by atoms with Crippen LogP contribution in [0.25, 0.3) is 65.6 Å². The van der Waals surface area contributed by atoms with Crippen LogP contribution in [0.15, 0.2) is 170 Å². The molecule has 10 rings (SSSR count). The van der Waals surface area contributed by atoms with Gasteiger partial charge in [0.1, 0.15) is 5.82 Å². The molecular weight excluding hydrogens is 615 g/mol. The number of benzene rings is 7. The molecular formula is C45H31N3S. The molecule has 4 heteroatoms. The molecule has 0 spiro atoms. The van der Waals surface area contributed by atoms with E-state index in [4.69, 9.17) is 0 Å². The van der Waals surface area contributed by atoms with Crippen LogP contribution in [-0.2, 0) is 6.54 Å². The topological polar surface area (TPSA) is 20.2 Å². The average molecular weight is 646 g/mol. The number of nitrogens with zero attached hydrogens (tertiary/aromatic N) is 2. The van der Waals surface area contributed by atoms with E-state index >= 15 is 0 Å². The normalized spacial score (nSPS) is 12.7. The zero-order valence-corrected chi connectivity index (χ0v) is 27.5. The van der Waals surface area contributed by atoms with Crippen molar-refractivity contribution in [2.24, 2.45) is 0 Å². The number of nitrogens with one attached hydrogen (secondary N) is 1. The van der Waals surface area contributed by atoms with E-state index in [1.807, 2.05) is 11.3 Å². The number of aromatic nitrogens is 1. The predicted molar refractivity (Wildman–Crippen MR) is 209 cm³/mol. The van der Waals surface area contributed by atoms with Crippen LogP contribution in [0.5, 0.6) is 0 Å². The Balaban J connectivity index is 1.16. The van der Waals surface area contributed by atoms with Gasteiger partial charge < -0.3 is 9.88 Å². The maximum absolute atomic E-state index is 3.85.